The van der Waals surface area contributed by atoms with Gasteiger partial charge in [0.1, 0.15) is 0 Å². The minimum atomic E-state index is 0. The van der Waals surface area contributed by atoms with E-state index in [4.69, 9.17) is 0 Å². The zero-order chi connectivity index (χ0) is 6.36. The van der Waals surface area contributed by atoms with Gasteiger partial charge < -0.3 is 12.3 Å². The highest BCUT2D eigenvalue weighted by atomic mass is 32.1. The average Bonchev–Trinajstić information content (AvgIpc) is 2.00. The molecule has 1 aromatic heterocycles. The fourth-order valence-corrected chi connectivity index (χ4v) is 0.937. The van der Waals surface area contributed by atoms with Gasteiger partial charge in [-0.15, -0.1) is 0 Å². The first-order valence-electron chi connectivity index (χ1n) is 2.80. The predicted octanol–water partition coefficient (Wildman–Crippen LogP) is 3.20. The van der Waals surface area contributed by atoms with Crippen LogP contribution in [0.15, 0.2) is 47.2 Å². The molecular formula is C8H14N2S. The number of hydrogen-bond acceptors (Lipinski definition) is 3. The predicted molar refractivity (Wildman–Crippen MR) is 52.0 cm³/mol. The molecule has 0 aliphatic rings. The molecule has 0 unspecified atom stereocenters. The second-order valence-corrected chi connectivity index (χ2v) is 2.38. The lowest BCUT2D eigenvalue weighted by atomic mass is 10.5. The van der Waals surface area contributed by atoms with E-state index in [9.17, 15) is 0 Å². The Morgan fingerprint density at radius 1 is 0.545 bits per heavy atom. The van der Waals surface area contributed by atoms with Gasteiger partial charge in [0.15, 0.2) is 0 Å². The SMILES string of the molecule is N.N.c1ccccsccc1. The van der Waals surface area contributed by atoms with E-state index in [0.29, 0.717) is 0 Å². The summed E-state index contributed by atoms with van der Waals surface area (Å²) in [5.41, 5.74) is 0. The van der Waals surface area contributed by atoms with Crippen LogP contribution in [0.1, 0.15) is 0 Å². The van der Waals surface area contributed by atoms with E-state index in [-0.39, 0.29) is 12.3 Å². The zero-order valence-corrected chi connectivity index (χ0v) is 7.26. The molecule has 11 heavy (non-hydrogen) atoms. The lowest BCUT2D eigenvalue weighted by molar-refractivity contribution is 1.82. The highest BCUT2D eigenvalue weighted by molar-refractivity contribution is 7.07. The van der Waals surface area contributed by atoms with Crippen molar-refractivity contribution in [3.8, 4) is 0 Å². The molecule has 0 fully saturated rings. The molecule has 0 amide bonds. The molecule has 0 aliphatic heterocycles. The van der Waals surface area contributed by atoms with Gasteiger partial charge in [-0.25, -0.2) is 0 Å². The van der Waals surface area contributed by atoms with Gasteiger partial charge in [0.25, 0.3) is 0 Å². The molecule has 1 rings (SSSR count). The molecule has 0 saturated carbocycles. The van der Waals surface area contributed by atoms with Crippen LogP contribution >= 0.6 is 11.3 Å². The van der Waals surface area contributed by atoms with Gasteiger partial charge in [0.2, 0.25) is 0 Å². The molecule has 1 aromatic rings. The molecule has 0 spiro atoms. The summed E-state index contributed by atoms with van der Waals surface area (Å²) < 4.78 is 0. The van der Waals surface area contributed by atoms with Crippen molar-refractivity contribution < 1.29 is 0 Å². The molecule has 1 heterocycles. The monoisotopic (exact) mass is 170 g/mol. The summed E-state index contributed by atoms with van der Waals surface area (Å²) in [7, 11) is 0. The minimum absolute atomic E-state index is 0. The van der Waals surface area contributed by atoms with Crippen molar-refractivity contribution in [3.63, 3.8) is 0 Å². The standard InChI is InChI=1S/C8H8S.2H3N/c1-2-4-6-8-9-7-5-3-1;;/h1-8H;2*1H3. The molecule has 2 nitrogen and oxygen atoms in total. The van der Waals surface area contributed by atoms with Gasteiger partial charge in [-0.3, -0.25) is 0 Å². The topological polar surface area (TPSA) is 70.0 Å². The van der Waals surface area contributed by atoms with Crippen LogP contribution in [0, 0.1) is 0 Å². The van der Waals surface area contributed by atoms with E-state index >= 15 is 0 Å². The molecule has 0 bridgehead atoms. The summed E-state index contributed by atoms with van der Waals surface area (Å²) in [4.78, 5) is 0. The smallest absolute Gasteiger partial charge is 0.00937 e. The Morgan fingerprint density at radius 3 is 1.36 bits per heavy atom. The zero-order valence-electron chi connectivity index (χ0n) is 6.44. The Balaban J connectivity index is 0. The molecule has 0 atom stereocenters. The third-order valence-electron chi connectivity index (χ3n) is 0.870. The van der Waals surface area contributed by atoms with E-state index in [1.54, 1.807) is 11.3 Å². The molecule has 62 valence electrons. The van der Waals surface area contributed by atoms with E-state index in [2.05, 4.69) is 0 Å². The van der Waals surface area contributed by atoms with Crippen molar-refractivity contribution in [2.24, 2.45) is 0 Å². The fraction of sp³-hybridized carbons (Fsp3) is 0. The first-order chi connectivity index (χ1) is 4.50. The van der Waals surface area contributed by atoms with Crippen LogP contribution in [0.25, 0.3) is 0 Å². The van der Waals surface area contributed by atoms with Crippen LogP contribution in [-0.2, 0) is 0 Å². The highest BCUT2D eigenvalue weighted by Gasteiger charge is 1.58. The maximum absolute atomic E-state index is 2.04. The molecule has 0 radical (unpaired) electrons. The van der Waals surface area contributed by atoms with Crippen LogP contribution in [0.3, 0.4) is 0 Å². The maximum Gasteiger partial charge on any atom is -0.00937 e. The summed E-state index contributed by atoms with van der Waals surface area (Å²) in [6, 6.07) is 12.1. The first-order valence-corrected chi connectivity index (χ1v) is 3.75. The van der Waals surface area contributed by atoms with Crippen molar-refractivity contribution in [3.05, 3.63) is 47.2 Å². The van der Waals surface area contributed by atoms with Gasteiger partial charge >= 0.3 is 0 Å². The Morgan fingerprint density at radius 2 is 0.909 bits per heavy atom. The fourth-order valence-electron chi connectivity index (χ4n) is 0.483. The molecule has 0 aromatic carbocycles. The third-order valence-corrected chi connectivity index (χ3v) is 1.50. The van der Waals surface area contributed by atoms with Crippen LogP contribution in [0.4, 0.5) is 0 Å². The van der Waals surface area contributed by atoms with E-state index < -0.39 is 0 Å². The van der Waals surface area contributed by atoms with Crippen molar-refractivity contribution >= 4 is 11.3 Å². The quantitative estimate of drug-likeness (QED) is 0.627. The second kappa shape index (κ2) is 9.10. The molecule has 0 saturated heterocycles. The normalized spacial score (nSPS) is 6.55. The molecule has 3 heteroatoms. The Kier molecular flexibility index (Phi) is 10.5. The van der Waals surface area contributed by atoms with E-state index in [1.807, 2.05) is 47.2 Å². The minimum Gasteiger partial charge on any atom is -0.344 e. The third kappa shape index (κ3) is 6.99. The van der Waals surface area contributed by atoms with Gasteiger partial charge in [-0.05, 0) is 10.8 Å². The summed E-state index contributed by atoms with van der Waals surface area (Å²) in [6.07, 6.45) is 0. The van der Waals surface area contributed by atoms with E-state index in [0.717, 1.165) is 0 Å². The average molecular weight is 170 g/mol. The number of rotatable bonds is 0. The lowest BCUT2D eigenvalue weighted by Gasteiger charge is -1.59. The Bertz CT molecular complexity index is 134. The summed E-state index contributed by atoms with van der Waals surface area (Å²) in [5.74, 6) is 0. The maximum atomic E-state index is 2.04. The van der Waals surface area contributed by atoms with Crippen LogP contribution in [-0.4, -0.2) is 0 Å². The molecule has 6 N–H and O–H groups in total. The summed E-state index contributed by atoms with van der Waals surface area (Å²) >= 11 is 1.68. The van der Waals surface area contributed by atoms with Gasteiger partial charge in [0.05, 0.1) is 0 Å². The Labute approximate surface area is 71.4 Å². The van der Waals surface area contributed by atoms with Crippen molar-refractivity contribution in [1.29, 1.82) is 0 Å². The van der Waals surface area contributed by atoms with Gasteiger partial charge in [0, 0.05) is 0 Å². The van der Waals surface area contributed by atoms with Crippen molar-refractivity contribution in [2.75, 3.05) is 0 Å². The largest absolute Gasteiger partial charge is 0.344 e. The summed E-state index contributed by atoms with van der Waals surface area (Å²) in [5, 5.41) is 4.08. The molecule has 0 aliphatic carbocycles. The van der Waals surface area contributed by atoms with Gasteiger partial charge in [-0.1, -0.05) is 36.4 Å². The van der Waals surface area contributed by atoms with E-state index in [1.165, 1.54) is 0 Å². The Hall–Kier alpha value is -0.900. The van der Waals surface area contributed by atoms with Crippen molar-refractivity contribution in [2.45, 2.75) is 0 Å². The van der Waals surface area contributed by atoms with Crippen LogP contribution in [0.2, 0.25) is 0 Å². The first kappa shape index (κ1) is 12.7. The van der Waals surface area contributed by atoms with Crippen LogP contribution in [0.5, 0.6) is 0 Å². The highest BCUT2D eigenvalue weighted by Crippen LogP contribution is 1.88. The summed E-state index contributed by atoms with van der Waals surface area (Å²) in [6.45, 7) is 0. The molecular weight excluding hydrogens is 156 g/mol. The number of hydrogen-bond donors (Lipinski definition) is 2. The van der Waals surface area contributed by atoms with Gasteiger partial charge in [-0.2, -0.15) is 11.3 Å². The van der Waals surface area contributed by atoms with Crippen LogP contribution < -0.4 is 12.3 Å². The lowest BCUT2D eigenvalue weighted by Crippen LogP contribution is -1.38. The second-order valence-electron chi connectivity index (χ2n) is 1.56. The van der Waals surface area contributed by atoms with Crippen molar-refractivity contribution in [1.82, 2.24) is 12.3 Å².